The Morgan fingerprint density at radius 3 is 2.20 bits per heavy atom. The number of aliphatic carboxylic acids is 1. The molecule has 0 radical (unpaired) electrons. The third-order valence-corrected chi connectivity index (χ3v) is 6.79. The van der Waals surface area contributed by atoms with E-state index in [1.165, 1.54) is 0 Å². The highest BCUT2D eigenvalue weighted by Gasteiger charge is 2.69. The van der Waals surface area contributed by atoms with Crippen molar-refractivity contribution in [1.82, 2.24) is 4.90 Å². The van der Waals surface area contributed by atoms with Crippen molar-refractivity contribution in [2.45, 2.75) is 58.9 Å². The number of carbonyl (C=O) groups excluding carboxylic acids is 1. The predicted molar refractivity (Wildman–Crippen MR) is 80.5 cm³/mol. The molecule has 0 aromatic heterocycles. The van der Waals surface area contributed by atoms with E-state index < -0.39 is 12.0 Å². The maximum Gasteiger partial charge on any atom is 0.327 e. The molecule has 2 fully saturated rings. The molecule has 0 aromatic carbocycles. The zero-order valence-corrected chi connectivity index (χ0v) is 13.8. The fourth-order valence-electron chi connectivity index (χ4n) is 3.48. The number of carbonyl (C=O) groups is 2. The van der Waals surface area contributed by atoms with Gasteiger partial charge in [-0.05, 0) is 17.3 Å². The summed E-state index contributed by atoms with van der Waals surface area (Å²) in [4.78, 5) is 26.0. The molecular weight excluding hydrogens is 274 g/mol. The lowest BCUT2D eigenvalue weighted by atomic mass is 10.0. The van der Waals surface area contributed by atoms with Crippen LogP contribution in [0.3, 0.4) is 0 Å². The molecule has 2 aliphatic rings. The van der Waals surface area contributed by atoms with E-state index in [0.717, 1.165) is 12.8 Å². The van der Waals surface area contributed by atoms with E-state index in [-0.39, 0.29) is 28.0 Å². The number of carboxylic acid groups (broad SMARTS) is 1. The Kier molecular flexibility index (Phi) is 3.87. The average Bonchev–Trinajstić information content (AvgIpc) is 2.64. The molecular formula is C15H25NO3S. The number of nitrogens with zero attached hydrogens (tertiary/aromatic N) is 1. The first kappa shape index (κ1) is 15.7. The Hall–Kier alpha value is -0.710. The van der Waals surface area contributed by atoms with Crippen molar-refractivity contribution < 1.29 is 14.7 Å². The van der Waals surface area contributed by atoms with Gasteiger partial charge in [0, 0.05) is 11.7 Å². The fourth-order valence-corrected chi connectivity index (χ4v) is 5.00. The first-order chi connectivity index (χ1) is 9.16. The summed E-state index contributed by atoms with van der Waals surface area (Å²) < 4.78 is 0. The van der Waals surface area contributed by atoms with Crippen molar-refractivity contribution in [1.29, 1.82) is 0 Å². The minimum atomic E-state index is -0.874. The van der Waals surface area contributed by atoms with Gasteiger partial charge in [0.2, 0.25) is 5.91 Å². The van der Waals surface area contributed by atoms with Gasteiger partial charge in [-0.2, -0.15) is 0 Å². The van der Waals surface area contributed by atoms with Crippen LogP contribution in [0.4, 0.5) is 0 Å². The molecule has 1 saturated carbocycles. The van der Waals surface area contributed by atoms with E-state index in [1.54, 1.807) is 16.7 Å². The van der Waals surface area contributed by atoms with Crippen LogP contribution in [0.5, 0.6) is 0 Å². The van der Waals surface area contributed by atoms with Gasteiger partial charge in [0.15, 0.2) is 0 Å². The Morgan fingerprint density at radius 1 is 1.25 bits per heavy atom. The summed E-state index contributed by atoms with van der Waals surface area (Å²) in [6.45, 7) is 10.5. The smallest absolute Gasteiger partial charge is 0.327 e. The topological polar surface area (TPSA) is 57.6 Å². The minimum absolute atomic E-state index is 0.0285. The molecule has 1 aliphatic heterocycles. The van der Waals surface area contributed by atoms with Crippen LogP contribution >= 0.6 is 11.8 Å². The third kappa shape index (κ3) is 2.14. The first-order valence-corrected chi connectivity index (χ1v) is 8.37. The summed E-state index contributed by atoms with van der Waals surface area (Å²) in [6.07, 6.45) is 1.83. The van der Waals surface area contributed by atoms with Gasteiger partial charge in [-0.15, -0.1) is 11.8 Å². The Bertz CT molecular complexity index is 419. The van der Waals surface area contributed by atoms with Crippen LogP contribution in [0.25, 0.3) is 0 Å². The van der Waals surface area contributed by atoms with Gasteiger partial charge in [-0.1, -0.05) is 41.0 Å². The molecule has 2 unspecified atom stereocenters. The molecule has 0 spiro atoms. The zero-order chi connectivity index (χ0) is 15.3. The Labute approximate surface area is 125 Å². The van der Waals surface area contributed by atoms with Crippen molar-refractivity contribution in [3.05, 3.63) is 0 Å². The molecule has 114 valence electrons. The van der Waals surface area contributed by atoms with Crippen molar-refractivity contribution in [2.24, 2.45) is 16.7 Å². The number of thioether (sulfide) groups is 1. The van der Waals surface area contributed by atoms with Gasteiger partial charge in [0.25, 0.3) is 0 Å². The largest absolute Gasteiger partial charge is 0.480 e. The van der Waals surface area contributed by atoms with Crippen LogP contribution in [0.2, 0.25) is 0 Å². The zero-order valence-electron chi connectivity index (χ0n) is 13.0. The molecule has 0 aromatic rings. The monoisotopic (exact) mass is 299 g/mol. The van der Waals surface area contributed by atoms with Gasteiger partial charge >= 0.3 is 5.97 Å². The fraction of sp³-hybridized carbons (Fsp3) is 0.867. The van der Waals surface area contributed by atoms with E-state index in [0.29, 0.717) is 5.75 Å². The highest BCUT2D eigenvalue weighted by molar-refractivity contribution is 8.00. The lowest BCUT2D eigenvalue weighted by molar-refractivity contribution is -0.150. The molecule has 4 nitrogen and oxygen atoms in total. The van der Waals surface area contributed by atoms with Crippen LogP contribution in [0.15, 0.2) is 0 Å². The summed E-state index contributed by atoms with van der Waals surface area (Å²) >= 11 is 1.61. The van der Waals surface area contributed by atoms with E-state index in [9.17, 15) is 14.7 Å². The van der Waals surface area contributed by atoms with Crippen molar-refractivity contribution in [3.63, 3.8) is 0 Å². The molecule has 0 bridgehead atoms. The van der Waals surface area contributed by atoms with Gasteiger partial charge in [-0.25, -0.2) is 4.79 Å². The SMILES string of the molecule is CCCC1SCC(C(=O)O)N1C(=O)C1C(C)(C)C1(C)C. The quantitative estimate of drug-likeness (QED) is 0.867. The van der Waals surface area contributed by atoms with Crippen LogP contribution in [-0.2, 0) is 9.59 Å². The first-order valence-electron chi connectivity index (χ1n) is 7.32. The summed E-state index contributed by atoms with van der Waals surface area (Å²) in [5.74, 6) is -0.384. The second-order valence-corrected chi connectivity index (χ2v) is 8.26. The maximum atomic E-state index is 12.9. The molecule has 1 amide bonds. The molecule has 2 rings (SSSR count). The molecule has 1 N–H and O–H groups in total. The molecule has 5 heteroatoms. The number of hydrogen-bond acceptors (Lipinski definition) is 3. The van der Waals surface area contributed by atoms with E-state index in [4.69, 9.17) is 0 Å². The molecule has 1 heterocycles. The van der Waals surface area contributed by atoms with E-state index in [2.05, 4.69) is 34.6 Å². The van der Waals surface area contributed by atoms with Gasteiger partial charge in [0.05, 0.1) is 5.37 Å². The number of hydrogen-bond donors (Lipinski definition) is 1. The van der Waals surface area contributed by atoms with Gasteiger partial charge < -0.3 is 10.0 Å². The predicted octanol–water partition coefficient (Wildman–Crippen LogP) is 2.82. The number of amides is 1. The number of rotatable bonds is 4. The summed E-state index contributed by atoms with van der Waals surface area (Å²) in [6, 6.07) is -0.656. The lowest BCUT2D eigenvalue weighted by Crippen LogP contribution is -2.47. The van der Waals surface area contributed by atoms with Crippen molar-refractivity contribution in [2.75, 3.05) is 5.75 Å². The Balaban J connectivity index is 2.23. The van der Waals surface area contributed by atoms with Crippen molar-refractivity contribution in [3.8, 4) is 0 Å². The van der Waals surface area contributed by atoms with Gasteiger partial charge in [0.1, 0.15) is 6.04 Å². The van der Waals surface area contributed by atoms with Crippen LogP contribution in [-0.4, -0.2) is 39.1 Å². The van der Waals surface area contributed by atoms with Gasteiger partial charge in [-0.3, -0.25) is 4.79 Å². The highest BCUT2D eigenvalue weighted by Crippen LogP contribution is 2.69. The minimum Gasteiger partial charge on any atom is -0.480 e. The van der Waals surface area contributed by atoms with Crippen LogP contribution < -0.4 is 0 Å². The van der Waals surface area contributed by atoms with Crippen LogP contribution in [0.1, 0.15) is 47.5 Å². The van der Waals surface area contributed by atoms with E-state index in [1.807, 2.05) is 0 Å². The lowest BCUT2D eigenvalue weighted by Gasteiger charge is -2.28. The molecule has 1 aliphatic carbocycles. The maximum absolute atomic E-state index is 12.9. The second-order valence-electron chi connectivity index (χ2n) is 7.05. The summed E-state index contributed by atoms with van der Waals surface area (Å²) in [5, 5.41) is 9.40. The normalized spacial score (nSPS) is 31.4. The third-order valence-electron chi connectivity index (χ3n) is 5.44. The average molecular weight is 299 g/mol. The van der Waals surface area contributed by atoms with E-state index >= 15 is 0 Å². The van der Waals surface area contributed by atoms with Crippen molar-refractivity contribution >= 4 is 23.6 Å². The highest BCUT2D eigenvalue weighted by atomic mass is 32.2. The second kappa shape index (κ2) is 4.93. The Morgan fingerprint density at radius 2 is 1.80 bits per heavy atom. The summed E-state index contributed by atoms with van der Waals surface area (Å²) in [5.41, 5.74) is -0.0890. The number of carboxylic acids is 1. The standard InChI is InChI=1S/C15H25NO3S/c1-6-7-10-16(9(8-20-10)13(18)19)12(17)11-14(2,3)15(11,4)5/h9-11H,6-8H2,1-5H3,(H,18,19). The van der Waals surface area contributed by atoms with Crippen LogP contribution in [0, 0.1) is 16.7 Å². The molecule has 1 saturated heterocycles. The summed E-state index contributed by atoms with van der Waals surface area (Å²) in [7, 11) is 0. The molecule has 20 heavy (non-hydrogen) atoms. The molecule has 2 atom stereocenters.